The van der Waals surface area contributed by atoms with Gasteiger partial charge in [-0.2, -0.15) is 0 Å². The van der Waals surface area contributed by atoms with Crippen LogP contribution in [0, 0.1) is 12.8 Å². The Morgan fingerprint density at radius 2 is 1.76 bits per heavy atom. The molecule has 1 saturated heterocycles. The van der Waals surface area contributed by atoms with E-state index in [2.05, 4.69) is 32.9 Å². The van der Waals surface area contributed by atoms with E-state index in [0.717, 1.165) is 21.3 Å². The number of amidine groups is 1. The van der Waals surface area contributed by atoms with Crippen LogP contribution in [-0.2, 0) is 4.79 Å². The molecule has 25 heavy (non-hydrogen) atoms. The van der Waals surface area contributed by atoms with Gasteiger partial charge in [0.25, 0.3) is 5.91 Å². The zero-order valence-corrected chi connectivity index (χ0v) is 15.6. The van der Waals surface area contributed by atoms with Gasteiger partial charge in [0.1, 0.15) is 0 Å². The highest BCUT2D eigenvalue weighted by molar-refractivity contribution is 8.18. The number of para-hydroxylation sites is 1. The minimum atomic E-state index is 0.0361. The molecule has 4 heteroatoms. The highest BCUT2D eigenvalue weighted by Gasteiger charge is 2.33. The van der Waals surface area contributed by atoms with Crippen molar-refractivity contribution in [3.8, 4) is 0 Å². The van der Waals surface area contributed by atoms with Crippen molar-refractivity contribution in [1.29, 1.82) is 0 Å². The summed E-state index contributed by atoms with van der Waals surface area (Å²) >= 11 is 1.45. The molecule has 0 radical (unpaired) electrons. The molecule has 1 aliphatic heterocycles. The Morgan fingerprint density at radius 3 is 2.40 bits per heavy atom. The van der Waals surface area contributed by atoms with Crippen LogP contribution in [0.2, 0.25) is 0 Å². The first-order valence-electron chi connectivity index (χ1n) is 8.45. The van der Waals surface area contributed by atoms with Crippen molar-refractivity contribution in [1.82, 2.24) is 4.90 Å². The minimum absolute atomic E-state index is 0.0361. The number of rotatable bonds is 4. The van der Waals surface area contributed by atoms with Crippen molar-refractivity contribution in [2.45, 2.75) is 20.8 Å². The highest BCUT2D eigenvalue weighted by atomic mass is 32.2. The first-order chi connectivity index (χ1) is 12.0. The van der Waals surface area contributed by atoms with Gasteiger partial charge in [-0.25, -0.2) is 4.99 Å². The van der Waals surface area contributed by atoms with E-state index in [0.29, 0.717) is 12.5 Å². The van der Waals surface area contributed by atoms with Gasteiger partial charge in [0, 0.05) is 6.54 Å². The minimum Gasteiger partial charge on any atom is -0.286 e. The molecule has 0 saturated carbocycles. The Hall–Kier alpha value is -2.33. The van der Waals surface area contributed by atoms with Crippen LogP contribution in [0.5, 0.6) is 0 Å². The van der Waals surface area contributed by atoms with Gasteiger partial charge in [-0.1, -0.05) is 61.9 Å². The Kier molecular flexibility index (Phi) is 5.39. The molecular weight excluding hydrogens is 328 g/mol. The van der Waals surface area contributed by atoms with E-state index in [4.69, 9.17) is 4.99 Å². The van der Waals surface area contributed by atoms with E-state index in [9.17, 15) is 4.79 Å². The van der Waals surface area contributed by atoms with Crippen molar-refractivity contribution >= 4 is 34.6 Å². The molecule has 0 unspecified atom stereocenters. The quantitative estimate of drug-likeness (QED) is 0.705. The van der Waals surface area contributed by atoms with Crippen molar-refractivity contribution in [2.75, 3.05) is 6.54 Å². The lowest BCUT2D eigenvalue weighted by molar-refractivity contribution is -0.122. The predicted octanol–water partition coefficient (Wildman–Crippen LogP) is 5.26. The Bertz CT molecular complexity index is 808. The number of thioether (sulfide) groups is 1. The predicted molar refractivity (Wildman–Crippen MR) is 107 cm³/mol. The number of benzene rings is 2. The first kappa shape index (κ1) is 17.5. The smallest absolute Gasteiger partial charge is 0.266 e. The van der Waals surface area contributed by atoms with E-state index in [1.807, 2.05) is 48.5 Å². The molecular formula is C21H22N2OS. The summed E-state index contributed by atoms with van der Waals surface area (Å²) in [5, 5.41) is 0.753. The third-order valence-electron chi connectivity index (χ3n) is 3.79. The molecule has 1 aliphatic rings. The van der Waals surface area contributed by atoms with Gasteiger partial charge in [-0.3, -0.25) is 9.69 Å². The molecule has 0 aromatic heterocycles. The van der Waals surface area contributed by atoms with Crippen molar-refractivity contribution in [3.05, 3.63) is 70.6 Å². The first-order valence-corrected chi connectivity index (χ1v) is 9.26. The maximum atomic E-state index is 12.9. The second-order valence-corrected chi connectivity index (χ2v) is 7.57. The number of carbonyl (C=O) groups excluding carboxylic acids is 1. The van der Waals surface area contributed by atoms with Crippen LogP contribution in [0.1, 0.15) is 25.0 Å². The molecule has 1 amide bonds. The average Bonchev–Trinajstić information content (AvgIpc) is 2.86. The van der Waals surface area contributed by atoms with Crippen molar-refractivity contribution in [2.24, 2.45) is 10.9 Å². The molecule has 0 bridgehead atoms. The summed E-state index contributed by atoms with van der Waals surface area (Å²) in [5.74, 6) is 0.415. The molecule has 1 fully saturated rings. The zero-order valence-electron chi connectivity index (χ0n) is 14.8. The standard InChI is InChI=1S/C21H22N2OS/c1-15(2)14-23-20(24)19(13-17-11-9-16(3)10-12-17)25-21(23)22-18-7-5-4-6-8-18/h4-13,15H,14H2,1-3H3/b19-13-,22-21?. The van der Waals surface area contributed by atoms with Crippen molar-refractivity contribution in [3.63, 3.8) is 0 Å². The maximum absolute atomic E-state index is 12.9. The Morgan fingerprint density at radius 1 is 1.08 bits per heavy atom. The monoisotopic (exact) mass is 350 g/mol. The summed E-state index contributed by atoms with van der Waals surface area (Å²) in [4.78, 5) is 20.1. The van der Waals surface area contributed by atoms with Gasteiger partial charge in [0.2, 0.25) is 0 Å². The molecule has 0 atom stereocenters. The normalized spacial score (nSPS) is 17.9. The van der Waals surface area contributed by atoms with E-state index in [1.165, 1.54) is 17.3 Å². The molecule has 2 aromatic carbocycles. The number of aryl methyl sites for hydroxylation is 1. The lowest BCUT2D eigenvalue weighted by Crippen LogP contribution is -2.32. The number of hydrogen-bond donors (Lipinski definition) is 0. The summed E-state index contributed by atoms with van der Waals surface area (Å²) < 4.78 is 0. The zero-order chi connectivity index (χ0) is 17.8. The average molecular weight is 350 g/mol. The summed E-state index contributed by atoms with van der Waals surface area (Å²) in [6.07, 6.45) is 1.95. The van der Waals surface area contributed by atoms with Gasteiger partial charge in [-0.15, -0.1) is 0 Å². The molecule has 1 heterocycles. The van der Waals surface area contributed by atoms with Crippen LogP contribution in [0.3, 0.4) is 0 Å². The second-order valence-electron chi connectivity index (χ2n) is 6.56. The molecule has 2 aromatic rings. The molecule has 128 valence electrons. The van der Waals surface area contributed by atoms with E-state index in [1.54, 1.807) is 4.90 Å². The van der Waals surface area contributed by atoms with Crippen LogP contribution < -0.4 is 0 Å². The highest BCUT2D eigenvalue weighted by Crippen LogP contribution is 2.34. The molecule has 3 nitrogen and oxygen atoms in total. The van der Waals surface area contributed by atoms with Crippen LogP contribution >= 0.6 is 11.8 Å². The van der Waals surface area contributed by atoms with Crippen LogP contribution in [0.15, 0.2) is 64.5 Å². The third-order valence-corrected chi connectivity index (χ3v) is 4.80. The summed E-state index contributed by atoms with van der Waals surface area (Å²) in [7, 11) is 0. The van der Waals surface area contributed by atoms with E-state index in [-0.39, 0.29) is 5.91 Å². The fraction of sp³-hybridized carbons (Fsp3) is 0.238. The Balaban J connectivity index is 1.93. The van der Waals surface area contributed by atoms with Crippen LogP contribution in [0.25, 0.3) is 6.08 Å². The van der Waals surface area contributed by atoms with E-state index < -0.39 is 0 Å². The number of carbonyl (C=O) groups is 1. The summed E-state index contributed by atoms with van der Waals surface area (Å²) in [6.45, 7) is 6.95. The lowest BCUT2D eigenvalue weighted by Gasteiger charge is -2.17. The van der Waals surface area contributed by atoms with Gasteiger partial charge in [0.15, 0.2) is 5.17 Å². The fourth-order valence-electron chi connectivity index (χ4n) is 2.54. The fourth-order valence-corrected chi connectivity index (χ4v) is 3.55. The maximum Gasteiger partial charge on any atom is 0.266 e. The summed E-state index contributed by atoms with van der Waals surface area (Å²) in [6, 6.07) is 18.0. The molecule has 0 N–H and O–H groups in total. The lowest BCUT2D eigenvalue weighted by atomic mass is 10.1. The number of aliphatic imine (C=N–C) groups is 1. The molecule has 0 aliphatic carbocycles. The molecule has 0 spiro atoms. The molecule has 3 rings (SSSR count). The Labute approximate surface area is 153 Å². The largest absolute Gasteiger partial charge is 0.286 e. The number of hydrogen-bond acceptors (Lipinski definition) is 3. The third kappa shape index (κ3) is 4.40. The van der Waals surface area contributed by atoms with Crippen LogP contribution in [0.4, 0.5) is 5.69 Å². The topological polar surface area (TPSA) is 32.7 Å². The van der Waals surface area contributed by atoms with Gasteiger partial charge < -0.3 is 0 Å². The van der Waals surface area contributed by atoms with Gasteiger partial charge in [0.05, 0.1) is 10.6 Å². The number of amides is 1. The van der Waals surface area contributed by atoms with Gasteiger partial charge in [-0.05, 0) is 48.4 Å². The second kappa shape index (κ2) is 7.70. The van der Waals surface area contributed by atoms with E-state index >= 15 is 0 Å². The van der Waals surface area contributed by atoms with Crippen molar-refractivity contribution < 1.29 is 4.79 Å². The SMILES string of the molecule is Cc1ccc(/C=C2\SC(=Nc3ccccc3)N(CC(C)C)C2=O)cc1. The summed E-state index contributed by atoms with van der Waals surface area (Å²) in [5.41, 5.74) is 3.11. The van der Waals surface area contributed by atoms with Gasteiger partial charge >= 0.3 is 0 Å². The van der Waals surface area contributed by atoms with Crippen LogP contribution in [-0.4, -0.2) is 22.5 Å². The number of nitrogens with zero attached hydrogens (tertiary/aromatic N) is 2.